The molecule has 18 heavy (non-hydrogen) atoms. The van der Waals surface area contributed by atoms with Gasteiger partial charge in [-0.15, -0.1) is 0 Å². The van der Waals surface area contributed by atoms with Crippen molar-refractivity contribution in [2.45, 2.75) is 19.7 Å². The summed E-state index contributed by atoms with van der Waals surface area (Å²) in [6.45, 7) is 0.261. The third-order valence-corrected chi connectivity index (χ3v) is 2.14. The van der Waals surface area contributed by atoms with Crippen LogP contribution >= 0.6 is 0 Å². The quantitative estimate of drug-likeness (QED) is 0.802. The first-order valence-corrected chi connectivity index (χ1v) is 5.40. The average Bonchev–Trinajstić information content (AvgIpc) is 2.28. The van der Waals surface area contributed by atoms with E-state index in [4.69, 9.17) is 9.84 Å². The topological polar surface area (TPSA) is 38.7 Å². The second kappa shape index (κ2) is 6.61. The highest BCUT2D eigenvalue weighted by molar-refractivity contribution is 5.36. The van der Waals surface area contributed by atoms with Gasteiger partial charge in [-0.25, -0.2) is 0 Å². The largest absolute Gasteiger partial charge is 0.491 e. The summed E-state index contributed by atoms with van der Waals surface area (Å²) in [5.41, 5.74) is 1.57. The molecule has 0 aliphatic carbocycles. The summed E-state index contributed by atoms with van der Waals surface area (Å²) < 4.78 is 45.0. The lowest BCUT2D eigenvalue weighted by molar-refractivity contribution is -0.175. The van der Waals surface area contributed by atoms with Gasteiger partial charge in [-0.3, -0.25) is 0 Å². The van der Waals surface area contributed by atoms with Crippen LogP contribution in [0.4, 0.5) is 13.2 Å². The molecule has 0 radical (unpaired) electrons. The number of aliphatic hydroxyl groups is 1. The summed E-state index contributed by atoms with van der Waals surface area (Å²) in [4.78, 5) is 0. The summed E-state index contributed by atoms with van der Waals surface area (Å²) in [6, 6.07) is 5.22. The minimum atomic E-state index is -4.32. The van der Waals surface area contributed by atoms with Crippen LogP contribution in [0.3, 0.4) is 0 Å². The maximum Gasteiger partial charge on any atom is 0.411 e. The molecule has 0 aliphatic heterocycles. The fourth-order valence-corrected chi connectivity index (χ4v) is 1.37. The smallest absolute Gasteiger partial charge is 0.411 e. The van der Waals surface area contributed by atoms with Crippen molar-refractivity contribution in [3.63, 3.8) is 0 Å². The Balaban J connectivity index is 2.35. The van der Waals surface area contributed by atoms with Gasteiger partial charge in [-0.2, -0.15) is 13.2 Å². The first kappa shape index (κ1) is 14.8. The van der Waals surface area contributed by atoms with Crippen molar-refractivity contribution in [2.75, 3.05) is 19.8 Å². The molecule has 0 aromatic heterocycles. The van der Waals surface area contributed by atoms with Crippen LogP contribution in [0.25, 0.3) is 0 Å². The Morgan fingerprint density at radius 3 is 2.56 bits per heavy atom. The van der Waals surface area contributed by atoms with E-state index in [1.165, 1.54) is 0 Å². The van der Waals surface area contributed by atoms with Crippen LogP contribution in [0, 0.1) is 6.92 Å². The molecule has 3 nitrogen and oxygen atoms in total. The molecule has 0 unspecified atom stereocenters. The molecule has 0 saturated heterocycles. The molecule has 1 N–H and O–H groups in total. The first-order chi connectivity index (χ1) is 8.42. The molecular formula is C12H15F3O3. The van der Waals surface area contributed by atoms with Gasteiger partial charge in [0.25, 0.3) is 0 Å². The Morgan fingerprint density at radius 2 is 1.94 bits per heavy atom. The highest BCUT2D eigenvalue weighted by Gasteiger charge is 2.27. The molecule has 6 heteroatoms. The molecule has 0 aliphatic rings. The fraction of sp³-hybridized carbons (Fsp3) is 0.500. The summed E-state index contributed by atoms with van der Waals surface area (Å²) in [6.07, 6.45) is -4.32. The number of aryl methyl sites for hydroxylation is 1. The number of aliphatic hydroxyl groups excluding tert-OH is 1. The Hall–Kier alpha value is -1.27. The average molecular weight is 264 g/mol. The van der Waals surface area contributed by atoms with Crippen molar-refractivity contribution in [1.29, 1.82) is 0 Å². The first-order valence-electron chi connectivity index (χ1n) is 5.40. The molecule has 0 saturated carbocycles. The Morgan fingerprint density at radius 1 is 1.22 bits per heavy atom. The van der Waals surface area contributed by atoms with Crippen LogP contribution in [0.1, 0.15) is 11.1 Å². The predicted molar refractivity (Wildman–Crippen MR) is 59.5 cm³/mol. The van der Waals surface area contributed by atoms with Gasteiger partial charge >= 0.3 is 6.18 Å². The van der Waals surface area contributed by atoms with Crippen molar-refractivity contribution in [3.8, 4) is 5.75 Å². The van der Waals surface area contributed by atoms with E-state index < -0.39 is 12.8 Å². The molecule has 1 aromatic rings. The molecule has 0 fully saturated rings. The van der Waals surface area contributed by atoms with Crippen molar-refractivity contribution in [3.05, 3.63) is 29.3 Å². The third-order valence-electron chi connectivity index (χ3n) is 2.14. The zero-order valence-corrected chi connectivity index (χ0v) is 9.96. The number of alkyl halides is 3. The SMILES string of the molecule is Cc1ccc(OCCOCC(F)(F)F)c(CO)c1. The van der Waals surface area contributed by atoms with Gasteiger partial charge in [0.1, 0.15) is 19.0 Å². The van der Waals surface area contributed by atoms with Gasteiger partial charge in [-0.05, 0) is 13.0 Å². The third kappa shape index (κ3) is 5.37. The van der Waals surface area contributed by atoms with E-state index in [1.807, 2.05) is 6.92 Å². The van der Waals surface area contributed by atoms with E-state index in [-0.39, 0.29) is 19.8 Å². The van der Waals surface area contributed by atoms with E-state index in [9.17, 15) is 13.2 Å². The van der Waals surface area contributed by atoms with Crippen LogP contribution in [0.2, 0.25) is 0 Å². The highest BCUT2D eigenvalue weighted by Crippen LogP contribution is 2.20. The Kier molecular flexibility index (Phi) is 5.43. The van der Waals surface area contributed by atoms with Gasteiger partial charge in [-0.1, -0.05) is 17.7 Å². The molecule has 102 valence electrons. The number of hydrogen-bond donors (Lipinski definition) is 1. The zero-order valence-electron chi connectivity index (χ0n) is 9.96. The molecule has 1 rings (SSSR count). The Bertz CT molecular complexity index is 377. The number of halogens is 3. The second-order valence-electron chi connectivity index (χ2n) is 3.79. The van der Waals surface area contributed by atoms with Crippen LogP contribution in [-0.2, 0) is 11.3 Å². The normalized spacial score (nSPS) is 11.6. The minimum Gasteiger partial charge on any atom is -0.491 e. The number of rotatable bonds is 6. The van der Waals surface area contributed by atoms with Gasteiger partial charge < -0.3 is 14.6 Å². The fourth-order valence-electron chi connectivity index (χ4n) is 1.37. The lowest BCUT2D eigenvalue weighted by atomic mass is 10.1. The van der Waals surface area contributed by atoms with E-state index in [0.29, 0.717) is 11.3 Å². The molecule has 0 bridgehead atoms. The maximum atomic E-state index is 11.8. The second-order valence-corrected chi connectivity index (χ2v) is 3.79. The summed E-state index contributed by atoms with van der Waals surface area (Å²) >= 11 is 0. The zero-order chi connectivity index (χ0) is 13.6. The van der Waals surface area contributed by atoms with Crippen molar-refractivity contribution < 1.29 is 27.8 Å². The molecule has 0 atom stereocenters. The maximum absolute atomic E-state index is 11.8. The van der Waals surface area contributed by atoms with Crippen LogP contribution in [0.5, 0.6) is 5.75 Å². The predicted octanol–water partition coefficient (Wildman–Crippen LogP) is 2.45. The molecule has 0 spiro atoms. The molecular weight excluding hydrogens is 249 g/mol. The monoisotopic (exact) mass is 264 g/mol. The number of benzene rings is 1. The standard InChI is InChI=1S/C12H15F3O3/c1-9-2-3-11(10(6-9)7-16)18-5-4-17-8-12(13,14)15/h2-3,6,16H,4-5,7-8H2,1H3. The van der Waals surface area contributed by atoms with Crippen LogP contribution in [-0.4, -0.2) is 31.1 Å². The van der Waals surface area contributed by atoms with E-state index in [1.54, 1.807) is 18.2 Å². The Labute approximate surface area is 103 Å². The summed E-state index contributed by atoms with van der Waals surface area (Å²) in [5.74, 6) is 0.457. The van der Waals surface area contributed by atoms with Crippen molar-refractivity contribution in [2.24, 2.45) is 0 Å². The minimum absolute atomic E-state index is 0.00609. The molecule has 0 heterocycles. The van der Waals surface area contributed by atoms with E-state index in [2.05, 4.69) is 4.74 Å². The van der Waals surface area contributed by atoms with Crippen LogP contribution in [0.15, 0.2) is 18.2 Å². The van der Waals surface area contributed by atoms with Gasteiger partial charge in [0.05, 0.1) is 13.2 Å². The van der Waals surface area contributed by atoms with Crippen molar-refractivity contribution >= 4 is 0 Å². The van der Waals surface area contributed by atoms with E-state index in [0.717, 1.165) is 5.56 Å². The van der Waals surface area contributed by atoms with E-state index >= 15 is 0 Å². The molecule has 0 amide bonds. The molecule has 1 aromatic carbocycles. The number of hydrogen-bond acceptors (Lipinski definition) is 3. The lowest BCUT2D eigenvalue weighted by Gasteiger charge is -2.11. The van der Waals surface area contributed by atoms with Crippen molar-refractivity contribution in [1.82, 2.24) is 0 Å². The van der Waals surface area contributed by atoms with Crippen LogP contribution < -0.4 is 4.74 Å². The van der Waals surface area contributed by atoms with Gasteiger partial charge in [0.15, 0.2) is 0 Å². The number of ether oxygens (including phenoxy) is 2. The van der Waals surface area contributed by atoms with Gasteiger partial charge in [0.2, 0.25) is 0 Å². The van der Waals surface area contributed by atoms with Gasteiger partial charge in [0, 0.05) is 5.56 Å². The highest BCUT2D eigenvalue weighted by atomic mass is 19.4. The summed E-state index contributed by atoms with van der Waals surface area (Å²) in [5, 5.41) is 9.09. The lowest BCUT2D eigenvalue weighted by Crippen LogP contribution is -2.19. The summed E-state index contributed by atoms with van der Waals surface area (Å²) in [7, 11) is 0.